The van der Waals surface area contributed by atoms with E-state index in [0.717, 1.165) is 24.3 Å². The first-order chi connectivity index (χ1) is 12.8. The summed E-state index contributed by atoms with van der Waals surface area (Å²) >= 11 is 17.5. The number of hydrogen-bond donors (Lipinski definition) is 0. The van der Waals surface area contributed by atoms with Crippen molar-refractivity contribution < 1.29 is 31.1 Å². The molecule has 0 fully saturated rings. The smallest absolute Gasteiger partial charge is 0.289 e. The predicted octanol–water partition coefficient (Wildman–Crippen LogP) is 8.05. The fraction of sp³-hybridized carbons (Fsp3) is 0.235. The summed E-state index contributed by atoms with van der Waals surface area (Å²) in [7, 11) is 0. The van der Waals surface area contributed by atoms with E-state index >= 15 is 0 Å². The number of ketones is 1. The number of carbonyl (C=O) groups is 1. The molecular weight excluding hydrogens is 565 g/mol. The number of hydrogen-bond acceptors (Lipinski definition) is 1. The molecule has 0 atom stereocenters. The first-order valence-electron chi connectivity index (χ1n) is 7.28. The standard InChI is InChI=1S/C17H8Br2Cl2F6O/c18-5-7-1-3-9(11(13(7)20)16(22,23)24)15(28)10-4-2-8(6-19)14(21)12(10)17(25,26)27/h1-4H,5-6H2. The van der Waals surface area contributed by atoms with Gasteiger partial charge in [0, 0.05) is 21.8 Å². The largest absolute Gasteiger partial charge is 0.418 e. The van der Waals surface area contributed by atoms with Gasteiger partial charge in [-0.3, -0.25) is 4.79 Å². The summed E-state index contributed by atoms with van der Waals surface area (Å²) in [6.45, 7) is 0. The molecule has 28 heavy (non-hydrogen) atoms. The van der Waals surface area contributed by atoms with E-state index < -0.39 is 50.4 Å². The van der Waals surface area contributed by atoms with Crippen LogP contribution in [0.5, 0.6) is 0 Å². The van der Waals surface area contributed by atoms with E-state index in [1.807, 2.05) is 0 Å². The van der Waals surface area contributed by atoms with Gasteiger partial charge in [-0.2, -0.15) is 26.3 Å². The highest BCUT2D eigenvalue weighted by Gasteiger charge is 2.42. The normalized spacial score (nSPS) is 12.4. The van der Waals surface area contributed by atoms with Crippen LogP contribution >= 0.6 is 55.1 Å². The van der Waals surface area contributed by atoms with Gasteiger partial charge in [0.2, 0.25) is 0 Å². The van der Waals surface area contributed by atoms with Crippen molar-refractivity contribution in [3.05, 3.63) is 67.7 Å². The summed E-state index contributed by atoms with van der Waals surface area (Å²) < 4.78 is 81.2. The summed E-state index contributed by atoms with van der Waals surface area (Å²) in [5, 5.41) is -1.59. The third-order valence-electron chi connectivity index (χ3n) is 3.79. The summed E-state index contributed by atoms with van der Waals surface area (Å²) in [6.07, 6.45) is -10.1. The lowest BCUT2D eigenvalue weighted by Gasteiger charge is -2.19. The molecule has 0 N–H and O–H groups in total. The number of benzene rings is 2. The number of carbonyl (C=O) groups excluding carboxylic acids is 1. The number of rotatable bonds is 4. The summed E-state index contributed by atoms with van der Waals surface area (Å²) in [5.41, 5.74) is -4.90. The maximum Gasteiger partial charge on any atom is 0.418 e. The Morgan fingerprint density at radius 3 is 1.32 bits per heavy atom. The van der Waals surface area contributed by atoms with E-state index in [1.165, 1.54) is 0 Å². The number of alkyl halides is 8. The minimum absolute atomic E-state index is 0.0363. The molecule has 0 aliphatic rings. The van der Waals surface area contributed by atoms with Crippen LogP contribution in [0.4, 0.5) is 26.3 Å². The molecule has 0 amide bonds. The molecular formula is C17H8Br2Cl2F6O. The highest BCUT2D eigenvalue weighted by Crippen LogP contribution is 2.43. The minimum Gasteiger partial charge on any atom is -0.289 e. The molecule has 0 aliphatic carbocycles. The average Bonchev–Trinajstić information content (AvgIpc) is 2.58. The van der Waals surface area contributed by atoms with Gasteiger partial charge in [0.15, 0.2) is 5.78 Å². The summed E-state index contributed by atoms with van der Waals surface area (Å²) in [5.74, 6) is -1.48. The van der Waals surface area contributed by atoms with Crippen molar-refractivity contribution in [3.63, 3.8) is 0 Å². The fourth-order valence-corrected chi connectivity index (χ4v) is 4.46. The average molecular weight is 573 g/mol. The maximum atomic E-state index is 13.5. The lowest BCUT2D eigenvalue weighted by atomic mass is 9.92. The van der Waals surface area contributed by atoms with Crippen molar-refractivity contribution in [2.45, 2.75) is 23.0 Å². The minimum atomic E-state index is -5.06. The highest BCUT2D eigenvalue weighted by molar-refractivity contribution is 9.08. The fourth-order valence-electron chi connectivity index (χ4n) is 2.52. The van der Waals surface area contributed by atoms with E-state index in [4.69, 9.17) is 23.2 Å². The lowest BCUT2D eigenvalue weighted by molar-refractivity contribution is -0.138. The number of halogens is 10. The first kappa shape index (κ1) is 23.5. The highest BCUT2D eigenvalue weighted by atomic mass is 79.9. The second kappa shape index (κ2) is 8.53. The molecule has 2 aromatic carbocycles. The Morgan fingerprint density at radius 2 is 1.07 bits per heavy atom. The Hall–Kier alpha value is -0.770. The topological polar surface area (TPSA) is 17.1 Å². The SMILES string of the molecule is O=C(c1ccc(CBr)c(Cl)c1C(F)(F)F)c1ccc(CBr)c(Cl)c1C(F)(F)F. The molecule has 2 rings (SSSR count). The van der Waals surface area contributed by atoms with Crippen molar-refractivity contribution in [1.82, 2.24) is 0 Å². The molecule has 0 spiro atoms. The van der Waals surface area contributed by atoms with Crippen molar-refractivity contribution in [1.29, 1.82) is 0 Å². The molecule has 11 heteroatoms. The van der Waals surface area contributed by atoms with E-state index in [-0.39, 0.29) is 21.8 Å². The predicted molar refractivity (Wildman–Crippen MR) is 102 cm³/mol. The van der Waals surface area contributed by atoms with Crippen molar-refractivity contribution >= 4 is 60.8 Å². The zero-order valence-corrected chi connectivity index (χ0v) is 18.1. The van der Waals surface area contributed by atoms with Gasteiger partial charge < -0.3 is 0 Å². The van der Waals surface area contributed by atoms with Crippen LogP contribution in [0.15, 0.2) is 24.3 Å². The molecule has 0 heterocycles. The van der Waals surface area contributed by atoms with Gasteiger partial charge in [0.1, 0.15) is 0 Å². The van der Waals surface area contributed by atoms with Crippen molar-refractivity contribution in [2.24, 2.45) is 0 Å². The second-order valence-corrected chi connectivity index (χ2v) is 7.39. The Balaban J connectivity index is 2.82. The van der Waals surface area contributed by atoms with Gasteiger partial charge in [-0.25, -0.2) is 0 Å². The van der Waals surface area contributed by atoms with E-state index in [0.29, 0.717) is 0 Å². The third-order valence-corrected chi connectivity index (χ3v) is 5.86. The van der Waals surface area contributed by atoms with Crippen LogP contribution in [-0.4, -0.2) is 5.78 Å². The van der Waals surface area contributed by atoms with Crippen molar-refractivity contribution in [2.75, 3.05) is 0 Å². The zero-order chi connectivity index (χ0) is 21.4. The Bertz CT molecular complexity index is 852. The van der Waals surface area contributed by atoms with Gasteiger partial charge >= 0.3 is 12.4 Å². The van der Waals surface area contributed by atoms with Crippen LogP contribution in [0.1, 0.15) is 38.2 Å². The molecule has 0 saturated carbocycles. The maximum absolute atomic E-state index is 13.5. The second-order valence-electron chi connectivity index (χ2n) is 5.51. The van der Waals surface area contributed by atoms with Crippen LogP contribution in [0.25, 0.3) is 0 Å². The van der Waals surface area contributed by atoms with Crippen LogP contribution in [0.2, 0.25) is 10.0 Å². The van der Waals surface area contributed by atoms with Crippen molar-refractivity contribution in [3.8, 4) is 0 Å². The summed E-state index contributed by atoms with van der Waals surface area (Å²) in [6, 6.07) is 3.89. The monoisotopic (exact) mass is 570 g/mol. The van der Waals surface area contributed by atoms with Gasteiger partial charge in [0.05, 0.1) is 21.2 Å². The molecule has 0 unspecified atom stereocenters. The van der Waals surface area contributed by atoms with Gasteiger partial charge in [-0.1, -0.05) is 79.3 Å². The first-order valence-corrected chi connectivity index (χ1v) is 10.3. The van der Waals surface area contributed by atoms with E-state index in [1.54, 1.807) is 0 Å². The zero-order valence-electron chi connectivity index (χ0n) is 13.4. The Morgan fingerprint density at radius 1 is 0.750 bits per heavy atom. The van der Waals surface area contributed by atoms with Crippen LogP contribution in [-0.2, 0) is 23.0 Å². The van der Waals surface area contributed by atoms with Crippen LogP contribution < -0.4 is 0 Å². The molecule has 152 valence electrons. The molecule has 0 aromatic heterocycles. The van der Waals surface area contributed by atoms with E-state index in [9.17, 15) is 31.1 Å². The molecule has 0 bridgehead atoms. The third kappa shape index (κ3) is 4.52. The van der Waals surface area contributed by atoms with Crippen LogP contribution in [0, 0.1) is 0 Å². The summed E-state index contributed by atoms with van der Waals surface area (Å²) in [4.78, 5) is 12.7. The molecule has 1 nitrogen and oxygen atoms in total. The van der Waals surface area contributed by atoms with Crippen LogP contribution in [0.3, 0.4) is 0 Å². The molecule has 2 aromatic rings. The molecule has 0 saturated heterocycles. The van der Waals surface area contributed by atoms with Gasteiger partial charge in [-0.15, -0.1) is 0 Å². The van der Waals surface area contributed by atoms with E-state index in [2.05, 4.69) is 31.9 Å². The molecule has 0 aliphatic heterocycles. The molecule has 0 radical (unpaired) electrons. The Kier molecular flexibility index (Phi) is 7.17. The Labute approximate surface area is 182 Å². The quantitative estimate of drug-likeness (QED) is 0.206. The van der Waals surface area contributed by atoms with Gasteiger partial charge in [-0.05, 0) is 11.1 Å². The lowest BCUT2D eigenvalue weighted by Crippen LogP contribution is -2.19. The van der Waals surface area contributed by atoms with Gasteiger partial charge in [0.25, 0.3) is 0 Å².